The number of benzene rings is 2. The summed E-state index contributed by atoms with van der Waals surface area (Å²) in [5.41, 5.74) is 3.72. The van der Waals surface area contributed by atoms with Gasteiger partial charge in [-0.25, -0.2) is 4.39 Å². The number of nitrogens with zero attached hydrogens (tertiary/aromatic N) is 4. The molecule has 0 aliphatic carbocycles. The van der Waals surface area contributed by atoms with Crippen LogP contribution >= 0.6 is 11.3 Å². The molecule has 1 saturated heterocycles. The van der Waals surface area contributed by atoms with Gasteiger partial charge in [0.25, 0.3) is 5.91 Å². The maximum absolute atomic E-state index is 13.2. The minimum absolute atomic E-state index is 0.120. The van der Waals surface area contributed by atoms with Crippen molar-refractivity contribution >= 4 is 38.8 Å². The number of amides is 1. The number of anilines is 2. The summed E-state index contributed by atoms with van der Waals surface area (Å²) in [5.74, 6) is -0.377. The van der Waals surface area contributed by atoms with E-state index in [9.17, 15) is 9.18 Å². The number of nitrogens with one attached hydrogen (secondary N) is 1. The quantitative estimate of drug-likeness (QED) is 0.470. The van der Waals surface area contributed by atoms with Gasteiger partial charge < -0.3 is 15.1 Å². The average molecular weight is 464 g/mol. The van der Waals surface area contributed by atoms with E-state index in [-0.39, 0.29) is 11.7 Å². The zero-order valence-electron chi connectivity index (χ0n) is 18.7. The summed E-state index contributed by atoms with van der Waals surface area (Å²) in [5, 5.41) is 8.72. The summed E-state index contributed by atoms with van der Waals surface area (Å²) in [7, 11) is 2.13. The van der Waals surface area contributed by atoms with Gasteiger partial charge in [0.2, 0.25) is 0 Å². The van der Waals surface area contributed by atoms with Crippen LogP contribution in [0, 0.1) is 12.7 Å². The molecule has 1 N–H and O–H groups in total. The second-order valence-electron chi connectivity index (χ2n) is 8.46. The number of carbonyl (C=O) groups excluding carboxylic acids is 1. The fraction of sp³-hybridized carbons (Fsp3) is 0.280. The molecule has 1 aliphatic heterocycles. The normalized spacial score (nSPS) is 14.7. The lowest BCUT2D eigenvalue weighted by atomic mass is 10.2. The van der Waals surface area contributed by atoms with Crippen LogP contribution in [0.5, 0.6) is 0 Å². The number of carbonyl (C=O) groups is 1. The summed E-state index contributed by atoms with van der Waals surface area (Å²) in [6.45, 7) is 6.35. The number of rotatable bonds is 5. The van der Waals surface area contributed by atoms with Gasteiger partial charge in [0.15, 0.2) is 0 Å². The van der Waals surface area contributed by atoms with Crippen molar-refractivity contribution in [3.05, 3.63) is 76.5 Å². The van der Waals surface area contributed by atoms with Gasteiger partial charge >= 0.3 is 0 Å². The fourth-order valence-electron chi connectivity index (χ4n) is 4.18. The average Bonchev–Trinajstić information content (AvgIpc) is 3.38. The number of fused-ring (bicyclic) bond motifs is 1. The first-order valence-electron chi connectivity index (χ1n) is 11.0. The zero-order valence-corrected chi connectivity index (χ0v) is 19.5. The number of aromatic nitrogens is 2. The van der Waals surface area contributed by atoms with Crippen LogP contribution in [-0.2, 0) is 6.54 Å². The SMILES string of the molecule is Cc1nn(Cc2ccc(F)cc2)c2sc(C(=O)Nc3ccccc3N3CCN(C)CC3)cc12. The molecule has 1 fully saturated rings. The third-order valence-corrected chi connectivity index (χ3v) is 7.22. The largest absolute Gasteiger partial charge is 0.367 e. The Labute approximate surface area is 196 Å². The Morgan fingerprint density at radius 3 is 2.58 bits per heavy atom. The molecule has 0 unspecified atom stereocenters. The number of thiophene rings is 1. The monoisotopic (exact) mass is 463 g/mol. The van der Waals surface area contributed by atoms with Crippen LogP contribution in [0.3, 0.4) is 0 Å². The summed E-state index contributed by atoms with van der Waals surface area (Å²) in [4.78, 5) is 19.4. The Morgan fingerprint density at radius 2 is 1.82 bits per heavy atom. The lowest BCUT2D eigenvalue weighted by molar-refractivity contribution is 0.103. The number of likely N-dealkylation sites (N-methyl/N-ethyl adjacent to an activating group) is 1. The predicted octanol–water partition coefficient (Wildman–Crippen LogP) is 4.60. The summed E-state index contributed by atoms with van der Waals surface area (Å²) < 4.78 is 15.1. The molecular weight excluding hydrogens is 437 g/mol. The first-order valence-corrected chi connectivity index (χ1v) is 11.8. The molecule has 6 nitrogen and oxygen atoms in total. The fourth-order valence-corrected chi connectivity index (χ4v) is 5.24. The van der Waals surface area contributed by atoms with Crippen molar-refractivity contribution in [1.29, 1.82) is 0 Å². The molecule has 0 spiro atoms. The number of hydrogen-bond acceptors (Lipinski definition) is 5. The zero-order chi connectivity index (χ0) is 22.9. The van der Waals surface area contributed by atoms with Crippen molar-refractivity contribution < 1.29 is 9.18 Å². The van der Waals surface area contributed by atoms with Crippen LogP contribution in [0.25, 0.3) is 10.2 Å². The van der Waals surface area contributed by atoms with Crippen LogP contribution in [0.4, 0.5) is 15.8 Å². The summed E-state index contributed by atoms with van der Waals surface area (Å²) in [6.07, 6.45) is 0. The van der Waals surface area contributed by atoms with Crippen molar-refractivity contribution in [3.8, 4) is 0 Å². The van der Waals surface area contributed by atoms with Crippen molar-refractivity contribution in [2.45, 2.75) is 13.5 Å². The van der Waals surface area contributed by atoms with E-state index >= 15 is 0 Å². The number of piperazine rings is 1. The van der Waals surface area contributed by atoms with Crippen LogP contribution in [0.2, 0.25) is 0 Å². The highest BCUT2D eigenvalue weighted by Crippen LogP contribution is 2.31. The van der Waals surface area contributed by atoms with Gasteiger partial charge in [0.05, 0.1) is 28.5 Å². The molecular formula is C25H26FN5OS. The first-order chi connectivity index (χ1) is 16.0. The van der Waals surface area contributed by atoms with E-state index in [1.54, 1.807) is 12.1 Å². The maximum Gasteiger partial charge on any atom is 0.265 e. The molecule has 0 bridgehead atoms. The van der Waals surface area contributed by atoms with Gasteiger partial charge in [0.1, 0.15) is 10.6 Å². The van der Waals surface area contributed by atoms with Crippen molar-refractivity contribution in [2.75, 3.05) is 43.4 Å². The Kier molecular flexibility index (Phi) is 5.86. The molecule has 1 aliphatic rings. The molecule has 0 atom stereocenters. The van der Waals surface area contributed by atoms with E-state index in [2.05, 4.69) is 33.3 Å². The number of para-hydroxylation sites is 2. The minimum Gasteiger partial charge on any atom is -0.367 e. The Balaban J connectivity index is 1.38. The number of aryl methyl sites for hydroxylation is 1. The Hall–Kier alpha value is -3.23. The molecule has 0 saturated carbocycles. The third-order valence-electron chi connectivity index (χ3n) is 6.07. The minimum atomic E-state index is -0.257. The molecule has 2 aromatic heterocycles. The lowest BCUT2D eigenvalue weighted by Crippen LogP contribution is -2.44. The smallest absolute Gasteiger partial charge is 0.265 e. The van der Waals surface area contributed by atoms with E-state index in [0.29, 0.717) is 11.4 Å². The Morgan fingerprint density at radius 1 is 1.09 bits per heavy atom. The third kappa shape index (κ3) is 4.49. The second kappa shape index (κ2) is 8.96. The molecule has 2 aromatic carbocycles. The number of halogens is 1. The number of hydrogen-bond donors (Lipinski definition) is 1. The highest BCUT2D eigenvalue weighted by atomic mass is 32.1. The van der Waals surface area contributed by atoms with E-state index in [0.717, 1.165) is 59.0 Å². The first kappa shape index (κ1) is 21.6. The van der Waals surface area contributed by atoms with Crippen LogP contribution < -0.4 is 10.2 Å². The predicted molar refractivity (Wildman–Crippen MR) is 132 cm³/mol. The highest BCUT2D eigenvalue weighted by Gasteiger charge is 2.20. The molecule has 1 amide bonds. The van der Waals surface area contributed by atoms with Crippen molar-refractivity contribution in [2.24, 2.45) is 0 Å². The van der Waals surface area contributed by atoms with Crippen LogP contribution in [0.15, 0.2) is 54.6 Å². The Bertz CT molecular complexity index is 1290. The summed E-state index contributed by atoms with van der Waals surface area (Å²) in [6, 6.07) is 16.3. The standard InChI is InChI=1S/C25H26FN5OS/c1-17-20-15-23(33-25(20)31(28-17)16-18-7-9-19(26)10-8-18)24(32)27-21-5-3-4-6-22(21)30-13-11-29(2)12-14-30/h3-10,15H,11-14,16H2,1-2H3,(H,27,32). The van der Waals surface area contributed by atoms with Gasteiger partial charge in [0, 0.05) is 31.6 Å². The molecule has 3 heterocycles. The van der Waals surface area contributed by atoms with Crippen molar-refractivity contribution in [3.63, 3.8) is 0 Å². The van der Waals surface area contributed by atoms with Crippen LogP contribution in [0.1, 0.15) is 20.9 Å². The van der Waals surface area contributed by atoms with Gasteiger partial charge in [-0.3, -0.25) is 9.48 Å². The van der Waals surface area contributed by atoms with Crippen molar-refractivity contribution in [1.82, 2.24) is 14.7 Å². The summed E-state index contributed by atoms with van der Waals surface area (Å²) >= 11 is 1.43. The molecule has 33 heavy (non-hydrogen) atoms. The lowest BCUT2D eigenvalue weighted by Gasteiger charge is -2.35. The highest BCUT2D eigenvalue weighted by molar-refractivity contribution is 7.20. The van der Waals surface area contributed by atoms with Gasteiger partial charge in [-0.05, 0) is 49.9 Å². The topological polar surface area (TPSA) is 53.4 Å². The van der Waals surface area contributed by atoms with E-state index in [1.807, 2.05) is 35.9 Å². The molecule has 4 aromatic rings. The van der Waals surface area contributed by atoms with Gasteiger partial charge in [-0.1, -0.05) is 24.3 Å². The maximum atomic E-state index is 13.2. The molecule has 5 rings (SSSR count). The van der Waals surface area contributed by atoms with Gasteiger partial charge in [-0.2, -0.15) is 5.10 Å². The molecule has 170 valence electrons. The van der Waals surface area contributed by atoms with E-state index in [1.165, 1.54) is 23.5 Å². The molecule has 8 heteroatoms. The van der Waals surface area contributed by atoms with E-state index in [4.69, 9.17) is 0 Å². The molecule has 0 radical (unpaired) electrons. The van der Waals surface area contributed by atoms with E-state index < -0.39 is 0 Å². The van der Waals surface area contributed by atoms with Gasteiger partial charge in [-0.15, -0.1) is 11.3 Å². The van der Waals surface area contributed by atoms with Crippen LogP contribution in [-0.4, -0.2) is 53.8 Å². The second-order valence-corrected chi connectivity index (χ2v) is 9.49.